The summed E-state index contributed by atoms with van der Waals surface area (Å²) in [6.07, 6.45) is 8.52. The Balaban J connectivity index is 1.63. The third kappa shape index (κ3) is 5.34. The van der Waals surface area contributed by atoms with E-state index in [0.29, 0.717) is 25.0 Å². The van der Waals surface area contributed by atoms with Crippen molar-refractivity contribution in [1.82, 2.24) is 10.0 Å². The molecule has 0 bridgehead atoms. The lowest BCUT2D eigenvalue weighted by Crippen LogP contribution is -2.40. The summed E-state index contributed by atoms with van der Waals surface area (Å²) in [5.74, 6) is 1.57. The molecule has 2 saturated carbocycles. The maximum absolute atomic E-state index is 12.1. The number of sulfonamides is 1. The molecule has 2 fully saturated rings. The first kappa shape index (κ1) is 16.2. The van der Waals surface area contributed by atoms with Gasteiger partial charge < -0.3 is 5.32 Å². The summed E-state index contributed by atoms with van der Waals surface area (Å²) in [5, 5.41) is 2.95. The maximum Gasteiger partial charge on any atom is 0.215 e. The third-order valence-corrected chi connectivity index (χ3v) is 6.62. The van der Waals surface area contributed by atoms with E-state index in [9.17, 15) is 8.42 Å². The average Bonchev–Trinajstić information content (AvgIpc) is 3.22. The van der Waals surface area contributed by atoms with Gasteiger partial charge in [-0.2, -0.15) is 0 Å². The van der Waals surface area contributed by atoms with Crippen LogP contribution < -0.4 is 10.0 Å². The van der Waals surface area contributed by atoms with E-state index in [4.69, 9.17) is 0 Å². The van der Waals surface area contributed by atoms with Crippen molar-refractivity contribution in [3.63, 3.8) is 0 Å². The number of hydrogen-bond acceptors (Lipinski definition) is 3. The molecular formula is C15H30N2O2S. The molecule has 20 heavy (non-hydrogen) atoms. The minimum absolute atomic E-state index is 0.338. The smallest absolute Gasteiger partial charge is 0.215 e. The molecule has 0 saturated heterocycles. The molecule has 0 radical (unpaired) electrons. The molecule has 1 unspecified atom stereocenters. The molecule has 5 heteroatoms. The molecule has 0 aromatic rings. The fourth-order valence-electron chi connectivity index (χ4n) is 2.90. The first-order valence-corrected chi connectivity index (χ1v) is 9.74. The third-order valence-electron chi connectivity index (χ3n) is 4.79. The van der Waals surface area contributed by atoms with Gasteiger partial charge in [0, 0.05) is 19.1 Å². The van der Waals surface area contributed by atoms with Crippen molar-refractivity contribution < 1.29 is 8.42 Å². The number of rotatable bonds is 8. The lowest BCUT2D eigenvalue weighted by atomic mass is 9.81. The SMILES string of the molecule is CC1CCC(CCNS(=O)(=O)C(C)CNC2CC2)CC1. The minimum Gasteiger partial charge on any atom is -0.313 e. The highest BCUT2D eigenvalue weighted by Gasteiger charge is 2.26. The van der Waals surface area contributed by atoms with Gasteiger partial charge in [-0.3, -0.25) is 0 Å². The predicted octanol–water partition coefficient (Wildman–Crippen LogP) is 2.26. The van der Waals surface area contributed by atoms with Gasteiger partial charge in [0.25, 0.3) is 0 Å². The van der Waals surface area contributed by atoms with Crippen LogP contribution in [-0.4, -0.2) is 32.8 Å². The first-order valence-electron chi connectivity index (χ1n) is 8.19. The molecule has 2 rings (SSSR count). The van der Waals surface area contributed by atoms with Gasteiger partial charge in [-0.05, 0) is 38.0 Å². The average molecular weight is 302 g/mol. The Labute approximate surface area is 124 Å². The molecule has 2 aliphatic carbocycles. The Bertz CT molecular complexity index is 385. The maximum atomic E-state index is 12.1. The van der Waals surface area contributed by atoms with E-state index in [1.807, 2.05) is 0 Å². The van der Waals surface area contributed by atoms with E-state index >= 15 is 0 Å². The summed E-state index contributed by atoms with van der Waals surface area (Å²) >= 11 is 0. The van der Waals surface area contributed by atoms with Gasteiger partial charge in [-0.1, -0.05) is 32.6 Å². The van der Waals surface area contributed by atoms with Crippen molar-refractivity contribution in [2.75, 3.05) is 13.1 Å². The fourth-order valence-corrected chi connectivity index (χ4v) is 3.90. The van der Waals surface area contributed by atoms with Crippen molar-refractivity contribution in [2.45, 2.75) is 70.1 Å². The summed E-state index contributed by atoms with van der Waals surface area (Å²) in [7, 11) is -3.15. The van der Waals surface area contributed by atoms with Crippen molar-refractivity contribution in [3.8, 4) is 0 Å². The highest BCUT2D eigenvalue weighted by molar-refractivity contribution is 7.90. The summed E-state index contributed by atoms with van der Waals surface area (Å²) in [6, 6.07) is 0.567. The molecule has 4 nitrogen and oxygen atoms in total. The van der Waals surface area contributed by atoms with Gasteiger partial charge in [-0.15, -0.1) is 0 Å². The molecule has 0 aromatic heterocycles. The molecule has 0 heterocycles. The van der Waals surface area contributed by atoms with E-state index in [1.54, 1.807) is 6.92 Å². The minimum atomic E-state index is -3.15. The summed E-state index contributed by atoms with van der Waals surface area (Å²) in [5.41, 5.74) is 0. The Morgan fingerprint density at radius 3 is 2.35 bits per heavy atom. The van der Waals surface area contributed by atoms with Crippen LogP contribution in [0, 0.1) is 11.8 Å². The fraction of sp³-hybridized carbons (Fsp3) is 1.00. The van der Waals surface area contributed by atoms with Gasteiger partial charge in [0.2, 0.25) is 10.0 Å². The summed E-state index contributed by atoms with van der Waals surface area (Å²) in [4.78, 5) is 0. The van der Waals surface area contributed by atoms with Gasteiger partial charge in [0.05, 0.1) is 5.25 Å². The van der Waals surface area contributed by atoms with E-state index in [-0.39, 0.29) is 5.25 Å². The molecule has 2 N–H and O–H groups in total. The van der Waals surface area contributed by atoms with Crippen molar-refractivity contribution >= 4 is 10.0 Å². The number of hydrogen-bond donors (Lipinski definition) is 2. The first-order chi connectivity index (χ1) is 9.47. The van der Waals surface area contributed by atoms with Crippen LogP contribution in [0.15, 0.2) is 0 Å². The van der Waals surface area contributed by atoms with Crippen molar-refractivity contribution in [1.29, 1.82) is 0 Å². The van der Waals surface area contributed by atoms with Crippen LogP contribution in [0.25, 0.3) is 0 Å². The van der Waals surface area contributed by atoms with Crippen molar-refractivity contribution in [3.05, 3.63) is 0 Å². The molecular weight excluding hydrogens is 272 g/mol. The summed E-state index contributed by atoms with van der Waals surface area (Å²) in [6.45, 7) is 5.28. The number of nitrogens with one attached hydrogen (secondary N) is 2. The largest absolute Gasteiger partial charge is 0.313 e. The highest BCUT2D eigenvalue weighted by Crippen LogP contribution is 2.30. The van der Waals surface area contributed by atoms with Crippen LogP contribution >= 0.6 is 0 Å². The molecule has 0 aliphatic heterocycles. The Morgan fingerprint density at radius 2 is 1.75 bits per heavy atom. The van der Waals surface area contributed by atoms with Crippen LogP contribution in [0.3, 0.4) is 0 Å². The lowest BCUT2D eigenvalue weighted by molar-refractivity contribution is 0.278. The zero-order valence-corrected chi connectivity index (χ0v) is 13.7. The van der Waals surface area contributed by atoms with E-state index in [0.717, 1.165) is 12.3 Å². The Morgan fingerprint density at radius 1 is 1.10 bits per heavy atom. The van der Waals surface area contributed by atoms with Gasteiger partial charge in [-0.25, -0.2) is 13.1 Å². The van der Waals surface area contributed by atoms with E-state index in [1.165, 1.54) is 38.5 Å². The van der Waals surface area contributed by atoms with E-state index < -0.39 is 10.0 Å². The predicted molar refractivity (Wildman–Crippen MR) is 83.1 cm³/mol. The molecule has 0 amide bonds. The van der Waals surface area contributed by atoms with Crippen LogP contribution in [0.5, 0.6) is 0 Å². The molecule has 118 valence electrons. The Hall–Kier alpha value is -0.130. The molecule has 0 spiro atoms. The monoisotopic (exact) mass is 302 g/mol. The van der Waals surface area contributed by atoms with Crippen LogP contribution in [0.4, 0.5) is 0 Å². The zero-order valence-electron chi connectivity index (χ0n) is 12.9. The quantitative estimate of drug-likeness (QED) is 0.723. The van der Waals surface area contributed by atoms with E-state index in [2.05, 4.69) is 17.0 Å². The topological polar surface area (TPSA) is 58.2 Å². The summed E-state index contributed by atoms with van der Waals surface area (Å²) < 4.78 is 27.0. The van der Waals surface area contributed by atoms with Gasteiger partial charge >= 0.3 is 0 Å². The molecule has 1 atom stereocenters. The second-order valence-corrected chi connectivity index (χ2v) is 9.03. The second-order valence-electron chi connectivity index (χ2n) is 6.85. The second kappa shape index (κ2) is 7.23. The Kier molecular flexibility index (Phi) is 5.87. The molecule has 0 aromatic carbocycles. The zero-order chi connectivity index (χ0) is 14.6. The van der Waals surface area contributed by atoms with Crippen molar-refractivity contribution in [2.24, 2.45) is 11.8 Å². The standard InChI is InChI=1S/C15H30N2O2S/c1-12-3-5-14(6-4-12)9-10-17-20(18,19)13(2)11-16-15-7-8-15/h12-17H,3-11H2,1-2H3. The molecule has 2 aliphatic rings. The highest BCUT2D eigenvalue weighted by atomic mass is 32.2. The van der Waals surface area contributed by atoms with Gasteiger partial charge in [0.15, 0.2) is 0 Å². The van der Waals surface area contributed by atoms with Crippen LogP contribution in [-0.2, 0) is 10.0 Å². The lowest BCUT2D eigenvalue weighted by Gasteiger charge is -2.26. The van der Waals surface area contributed by atoms with Gasteiger partial charge in [0.1, 0.15) is 0 Å². The van der Waals surface area contributed by atoms with Crippen LogP contribution in [0.2, 0.25) is 0 Å². The van der Waals surface area contributed by atoms with Crippen LogP contribution in [0.1, 0.15) is 58.8 Å². The normalized spacial score (nSPS) is 29.3.